The fourth-order valence-electron chi connectivity index (χ4n) is 2.17. The van der Waals surface area contributed by atoms with E-state index in [0.29, 0.717) is 12.8 Å². The Morgan fingerprint density at radius 2 is 2.27 bits per heavy atom. The maximum Gasteiger partial charge on any atom is 0.110 e. The van der Waals surface area contributed by atoms with Crippen LogP contribution in [0.1, 0.15) is 38.4 Å². The quantitative estimate of drug-likeness (QED) is 0.859. The molecule has 0 saturated heterocycles. The maximum atomic E-state index is 10.4. The second kappa shape index (κ2) is 3.57. The topological polar surface area (TPSA) is 64.1 Å². The molecule has 0 bridgehead atoms. The summed E-state index contributed by atoms with van der Waals surface area (Å²) in [6.07, 6.45) is 2.96. The lowest BCUT2D eigenvalue weighted by Gasteiger charge is -2.42. The molecule has 84 valence electrons. The van der Waals surface area contributed by atoms with Crippen LogP contribution in [0.2, 0.25) is 0 Å². The van der Waals surface area contributed by atoms with Gasteiger partial charge < -0.3 is 10.8 Å². The Morgan fingerprint density at radius 1 is 1.67 bits per heavy atom. The Morgan fingerprint density at radius 3 is 2.73 bits per heavy atom. The van der Waals surface area contributed by atoms with E-state index >= 15 is 0 Å². The molecule has 0 radical (unpaired) electrons. The number of hydrogen-bond donors (Lipinski definition) is 2. The summed E-state index contributed by atoms with van der Waals surface area (Å²) in [5.74, 6) is 0. The van der Waals surface area contributed by atoms with Crippen LogP contribution in [0.5, 0.6) is 0 Å². The third-order valence-corrected chi connectivity index (χ3v) is 3.46. The van der Waals surface area contributed by atoms with E-state index in [1.54, 1.807) is 6.20 Å². The molecule has 2 rings (SSSR count). The van der Waals surface area contributed by atoms with Crippen LogP contribution in [0.15, 0.2) is 10.7 Å². The number of nitrogens with two attached hydrogens (primary N) is 1. The molecule has 1 saturated carbocycles. The van der Waals surface area contributed by atoms with Gasteiger partial charge in [0.05, 0.1) is 16.4 Å². The fourth-order valence-corrected chi connectivity index (χ4v) is 2.81. The van der Waals surface area contributed by atoms with Gasteiger partial charge in [-0.05, 0) is 42.6 Å². The van der Waals surface area contributed by atoms with Crippen molar-refractivity contribution in [1.29, 1.82) is 0 Å². The molecule has 3 N–H and O–H groups in total. The summed E-state index contributed by atoms with van der Waals surface area (Å²) >= 11 is 3.43. The molecule has 0 amide bonds. The van der Waals surface area contributed by atoms with E-state index in [2.05, 4.69) is 21.0 Å². The lowest BCUT2D eigenvalue weighted by molar-refractivity contribution is -0.0607. The minimum atomic E-state index is -0.793. The third-order valence-electron chi connectivity index (χ3n) is 2.88. The van der Waals surface area contributed by atoms with Gasteiger partial charge in [0, 0.05) is 12.1 Å². The molecule has 1 fully saturated rings. The first kappa shape index (κ1) is 11.1. The Bertz CT molecular complexity index is 369. The van der Waals surface area contributed by atoms with E-state index in [1.807, 2.05) is 18.5 Å². The van der Waals surface area contributed by atoms with Crippen molar-refractivity contribution in [2.45, 2.75) is 44.4 Å². The SMILES string of the molecule is CC(C)n1ncc(Br)c1C1(O)CC(N)C1. The van der Waals surface area contributed by atoms with Gasteiger partial charge in [-0.15, -0.1) is 0 Å². The molecule has 1 heterocycles. The average molecular weight is 274 g/mol. The number of nitrogens with zero attached hydrogens (tertiary/aromatic N) is 2. The molecule has 5 heteroatoms. The minimum absolute atomic E-state index is 0.109. The maximum absolute atomic E-state index is 10.4. The lowest BCUT2D eigenvalue weighted by Crippen LogP contribution is -2.50. The van der Waals surface area contributed by atoms with Crippen LogP contribution in [0, 0.1) is 0 Å². The molecule has 1 aliphatic carbocycles. The van der Waals surface area contributed by atoms with Gasteiger partial charge in [0.15, 0.2) is 0 Å². The molecule has 0 aliphatic heterocycles. The van der Waals surface area contributed by atoms with Crippen molar-refractivity contribution < 1.29 is 5.11 Å². The Balaban J connectivity index is 2.38. The van der Waals surface area contributed by atoms with E-state index in [1.165, 1.54) is 0 Å². The second-order valence-electron chi connectivity index (χ2n) is 4.58. The molecule has 0 aromatic carbocycles. The molecular weight excluding hydrogens is 258 g/mol. The van der Waals surface area contributed by atoms with Crippen LogP contribution in [0.4, 0.5) is 0 Å². The molecule has 1 aromatic rings. The number of rotatable bonds is 2. The molecule has 4 nitrogen and oxygen atoms in total. The first-order valence-electron chi connectivity index (χ1n) is 5.15. The van der Waals surface area contributed by atoms with Crippen LogP contribution in [0.25, 0.3) is 0 Å². The van der Waals surface area contributed by atoms with Crippen LogP contribution in [-0.2, 0) is 5.60 Å². The smallest absolute Gasteiger partial charge is 0.110 e. The highest BCUT2D eigenvalue weighted by molar-refractivity contribution is 9.10. The van der Waals surface area contributed by atoms with Gasteiger partial charge in [-0.1, -0.05) is 0 Å². The van der Waals surface area contributed by atoms with E-state index in [9.17, 15) is 5.11 Å². The number of aromatic nitrogens is 2. The van der Waals surface area contributed by atoms with Crippen LogP contribution in [0.3, 0.4) is 0 Å². The van der Waals surface area contributed by atoms with Crippen molar-refractivity contribution in [2.24, 2.45) is 5.73 Å². The summed E-state index contributed by atoms with van der Waals surface area (Å²) in [4.78, 5) is 0. The molecular formula is C10H16BrN3O. The first-order valence-corrected chi connectivity index (χ1v) is 5.95. The fraction of sp³-hybridized carbons (Fsp3) is 0.700. The van der Waals surface area contributed by atoms with E-state index in [4.69, 9.17) is 5.73 Å². The number of aliphatic hydroxyl groups is 1. The molecule has 1 aromatic heterocycles. The highest BCUT2D eigenvalue weighted by atomic mass is 79.9. The van der Waals surface area contributed by atoms with E-state index in [0.717, 1.165) is 10.2 Å². The predicted molar refractivity (Wildman–Crippen MR) is 61.4 cm³/mol. The first-order chi connectivity index (χ1) is 6.94. The zero-order valence-electron chi connectivity index (χ0n) is 8.94. The summed E-state index contributed by atoms with van der Waals surface area (Å²) in [6, 6.07) is 0.351. The Labute approximate surface area is 97.6 Å². The van der Waals surface area contributed by atoms with E-state index < -0.39 is 5.60 Å². The van der Waals surface area contributed by atoms with Crippen molar-refractivity contribution in [3.63, 3.8) is 0 Å². The van der Waals surface area contributed by atoms with Crippen molar-refractivity contribution in [3.8, 4) is 0 Å². The van der Waals surface area contributed by atoms with Crippen molar-refractivity contribution in [2.75, 3.05) is 0 Å². The average Bonchev–Trinajstić information content (AvgIpc) is 2.44. The van der Waals surface area contributed by atoms with Gasteiger partial charge in [-0.2, -0.15) is 5.10 Å². The minimum Gasteiger partial charge on any atom is -0.383 e. The molecule has 1 aliphatic rings. The van der Waals surface area contributed by atoms with Crippen LogP contribution in [-0.4, -0.2) is 20.9 Å². The molecule has 15 heavy (non-hydrogen) atoms. The summed E-state index contributed by atoms with van der Waals surface area (Å²) < 4.78 is 2.72. The van der Waals surface area contributed by atoms with Gasteiger partial charge in [0.2, 0.25) is 0 Å². The standard InChI is InChI=1S/C10H16BrN3O/c1-6(2)14-9(8(11)5-13-14)10(15)3-7(12)4-10/h5-7,15H,3-4,12H2,1-2H3. The Hall–Kier alpha value is -0.390. The summed E-state index contributed by atoms with van der Waals surface area (Å²) in [5.41, 5.74) is 5.80. The highest BCUT2D eigenvalue weighted by Gasteiger charge is 2.46. The number of hydrogen-bond acceptors (Lipinski definition) is 3. The van der Waals surface area contributed by atoms with Gasteiger partial charge >= 0.3 is 0 Å². The molecule has 0 atom stereocenters. The number of halogens is 1. The van der Waals surface area contributed by atoms with Crippen molar-refractivity contribution in [3.05, 3.63) is 16.4 Å². The summed E-state index contributed by atoms with van der Waals surface area (Å²) in [6.45, 7) is 4.09. The van der Waals surface area contributed by atoms with Gasteiger partial charge in [-0.25, -0.2) is 0 Å². The molecule has 0 spiro atoms. The summed E-state index contributed by atoms with van der Waals surface area (Å²) in [5, 5.41) is 14.6. The van der Waals surface area contributed by atoms with E-state index in [-0.39, 0.29) is 12.1 Å². The summed E-state index contributed by atoms with van der Waals surface area (Å²) in [7, 11) is 0. The molecule has 0 unspecified atom stereocenters. The van der Waals surface area contributed by atoms with Crippen LogP contribution < -0.4 is 5.73 Å². The lowest BCUT2D eigenvalue weighted by atomic mass is 9.74. The Kier molecular flexibility index (Phi) is 2.65. The normalized spacial score (nSPS) is 30.7. The van der Waals surface area contributed by atoms with Crippen LogP contribution >= 0.6 is 15.9 Å². The monoisotopic (exact) mass is 273 g/mol. The highest BCUT2D eigenvalue weighted by Crippen LogP contribution is 2.43. The van der Waals surface area contributed by atoms with Gasteiger partial charge in [-0.3, -0.25) is 4.68 Å². The zero-order chi connectivity index (χ0) is 11.2. The third kappa shape index (κ3) is 1.73. The van der Waals surface area contributed by atoms with Gasteiger partial charge in [0.25, 0.3) is 0 Å². The predicted octanol–water partition coefficient (Wildman–Crippen LogP) is 1.54. The van der Waals surface area contributed by atoms with Crippen molar-refractivity contribution in [1.82, 2.24) is 9.78 Å². The largest absolute Gasteiger partial charge is 0.383 e. The van der Waals surface area contributed by atoms with Crippen molar-refractivity contribution >= 4 is 15.9 Å². The van der Waals surface area contributed by atoms with Gasteiger partial charge in [0.1, 0.15) is 5.60 Å². The zero-order valence-corrected chi connectivity index (χ0v) is 10.5. The second-order valence-corrected chi connectivity index (χ2v) is 5.43.